The van der Waals surface area contributed by atoms with Crippen molar-refractivity contribution in [1.82, 2.24) is 0 Å². The van der Waals surface area contributed by atoms with Crippen molar-refractivity contribution in [3.63, 3.8) is 0 Å². The molecule has 3 heteroatoms. The lowest BCUT2D eigenvalue weighted by atomic mass is 10.1. The lowest BCUT2D eigenvalue weighted by molar-refractivity contribution is 0.104. The molecule has 1 aromatic heterocycles. The van der Waals surface area contributed by atoms with Gasteiger partial charge in [-0.3, -0.25) is 4.79 Å². The summed E-state index contributed by atoms with van der Waals surface area (Å²) in [5.41, 5.74) is 2.92. The Morgan fingerprint density at radius 3 is 2.56 bits per heavy atom. The summed E-state index contributed by atoms with van der Waals surface area (Å²) in [6, 6.07) is 7.78. The van der Waals surface area contributed by atoms with Crippen LogP contribution in [0.1, 0.15) is 26.4 Å². The van der Waals surface area contributed by atoms with Crippen molar-refractivity contribution >= 4 is 33.0 Å². The van der Waals surface area contributed by atoms with Gasteiger partial charge in [0.2, 0.25) is 5.78 Å². The smallest absolute Gasteiger partial charge is 0.204 e. The Morgan fingerprint density at radius 1 is 1.25 bits per heavy atom. The molecule has 2 rings (SSSR count). The first-order valence-corrected chi connectivity index (χ1v) is 6.62. The van der Waals surface area contributed by atoms with Crippen LogP contribution in [0.25, 0.3) is 0 Å². The number of hydrogen-bond acceptors (Lipinski definition) is 2. The topological polar surface area (TPSA) is 17.1 Å². The summed E-state index contributed by atoms with van der Waals surface area (Å²) in [7, 11) is 0. The molecule has 0 atom stereocenters. The lowest BCUT2D eigenvalue weighted by Crippen LogP contribution is -2.01. The molecular weight excluding hydrogens is 284 g/mol. The maximum Gasteiger partial charge on any atom is 0.204 e. The van der Waals surface area contributed by atoms with Crippen LogP contribution in [0.15, 0.2) is 34.1 Å². The minimum Gasteiger partial charge on any atom is -0.288 e. The van der Waals surface area contributed by atoms with E-state index in [9.17, 15) is 4.79 Å². The van der Waals surface area contributed by atoms with Crippen LogP contribution in [0.2, 0.25) is 0 Å². The summed E-state index contributed by atoms with van der Waals surface area (Å²) in [6.07, 6.45) is 0. The highest BCUT2D eigenvalue weighted by Crippen LogP contribution is 2.25. The molecule has 0 amide bonds. The van der Waals surface area contributed by atoms with Crippen LogP contribution in [0.5, 0.6) is 0 Å². The number of rotatable bonds is 2. The first-order chi connectivity index (χ1) is 7.59. The second-order valence-electron chi connectivity index (χ2n) is 3.75. The number of ketones is 1. The molecule has 16 heavy (non-hydrogen) atoms. The van der Waals surface area contributed by atoms with Gasteiger partial charge in [0.1, 0.15) is 0 Å². The molecule has 0 spiro atoms. The van der Waals surface area contributed by atoms with Gasteiger partial charge < -0.3 is 0 Å². The number of hydrogen-bond donors (Lipinski definition) is 0. The number of thiophene rings is 1. The summed E-state index contributed by atoms with van der Waals surface area (Å²) in [5.74, 6) is 0.0966. The second-order valence-corrected chi connectivity index (χ2v) is 5.52. The highest BCUT2D eigenvalue weighted by molar-refractivity contribution is 9.10. The molecule has 0 N–H and O–H groups in total. The van der Waals surface area contributed by atoms with Crippen LogP contribution >= 0.6 is 27.3 Å². The van der Waals surface area contributed by atoms with E-state index in [0.29, 0.717) is 0 Å². The van der Waals surface area contributed by atoms with Gasteiger partial charge in [-0.25, -0.2) is 0 Å². The van der Waals surface area contributed by atoms with Crippen LogP contribution in [0.4, 0.5) is 0 Å². The zero-order valence-electron chi connectivity index (χ0n) is 9.08. The van der Waals surface area contributed by atoms with Gasteiger partial charge >= 0.3 is 0 Å². The molecule has 1 aromatic carbocycles. The van der Waals surface area contributed by atoms with E-state index in [1.165, 1.54) is 11.3 Å². The quantitative estimate of drug-likeness (QED) is 0.752. The van der Waals surface area contributed by atoms with E-state index in [1.54, 1.807) is 0 Å². The molecule has 0 bridgehead atoms. The van der Waals surface area contributed by atoms with Crippen molar-refractivity contribution in [3.05, 3.63) is 55.7 Å². The Morgan fingerprint density at radius 2 is 2.00 bits per heavy atom. The minimum absolute atomic E-state index is 0.0966. The minimum atomic E-state index is 0.0966. The summed E-state index contributed by atoms with van der Waals surface area (Å²) in [6.45, 7) is 3.97. The molecule has 0 saturated carbocycles. The predicted octanol–water partition coefficient (Wildman–Crippen LogP) is 4.36. The van der Waals surface area contributed by atoms with Gasteiger partial charge in [0.25, 0.3) is 0 Å². The number of carbonyl (C=O) groups excluding carboxylic acids is 1. The molecule has 0 aliphatic carbocycles. The van der Waals surface area contributed by atoms with Gasteiger partial charge in [0.15, 0.2) is 0 Å². The van der Waals surface area contributed by atoms with Crippen molar-refractivity contribution in [2.75, 3.05) is 0 Å². The van der Waals surface area contributed by atoms with Gasteiger partial charge in [-0.15, -0.1) is 11.3 Å². The molecule has 0 aliphatic heterocycles. The third kappa shape index (κ3) is 2.11. The van der Waals surface area contributed by atoms with Crippen molar-refractivity contribution < 1.29 is 4.79 Å². The highest BCUT2D eigenvalue weighted by Gasteiger charge is 2.15. The Kier molecular flexibility index (Phi) is 3.26. The van der Waals surface area contributed by atoms with E-state index in [4.69, 9.17) is 0 Å². The van der Waals surface area contributed by atoms with Crippen LogP contribution in [0.3, 0.4) is 0 Å². The predicted molar refractivity (Wildman–Crippen MR) is 71.4 cm³/mol. The van der Waals surface area contributed by atoms with E-state index < -0.39 is 0 Å². The standard InChI is InChI=1S/C13H11BrOS/c1-8-3-4-10(11(14)7-8)12(15)13-9(2)5-6-16-13/h3-7H,1-2H3. The fourth-order valence-electron chi connectivity index (χ4n) is 1.53. The molecular formula is C13H11BrOS. The van der Waals surface area contributed by atoms with Crippen molar-refractivity contribution in [3.8, 4) is 0 Å². The Labute approximate surface area is 107 Å². The van der Waals surface area contributed by atoms with Gasteiger partial charge in [-0.2, -0.15) is 0 Å². The highest BCUT2D eigenvalue weighted by atomic mass is 79.9. The lowest BCUT2D eigenvalue weighted by Gasteiger charge is -2.04. The molecule has 0 unspecified atom stereocenters. The zero-order valence-corrected chi connectivity index (χ0v) is 11.5. The maximum atomic E-state index is 12.2. The van der Waals surface area contributed by atoms with E-state index in [0.717, 1.165) is 26.0 Å². The van der Waals surface area contributed by atoms with Crippen LogP contribution in [-0.2, 0) is 0 Å². The van der Waals surface area contributed by atoms with Crippen molar-refractivity contribution in [1.29, 1.82) is 0 Å². The fraction of sp³-hybridized carbons (Fsp3) is 0.154. The molecule has 0 radical (unpaired) electrons. The van der Waals surface area contributed by atoms with E-state index in [1.807, 2.05) is 43.5 Å². The summed E-state index contributed by atoms with van der Waals surface area (Å²) in [5, 5.41) is 1.95. The summed E-state index contributed by atoms with van der Waals surface area (Å²) in [4.78, 5) is 13.1. The maximum absolute atomic E-state index is 12.2. The first-order valence-electron chi connectivity index (χ1n) is 4.94. The molecule has 0 fully saturated rings. The van der Waals surface area contributed by atoms with Crippen LogP contribution in [-0.4, -0.2) is 5.78 Å². The molecule has 1 nitrogen and oxygen atoms in total. The molecule has 1 heterocycles. The largest absolute Gasteiger partial charge is 0.288 e. The Hall–Kier alpha value is -0.930. The summed E-state index contributed by atoms with van der Waals surface area (Å²) >= 11 is 4.94. The van der Waals surface area contributed by atoms with Gasteiger partial charge in [-0.1, -0.05) is 22.0 Å². The SMILES string of the molecule is Cc1ccc(C(=O)c2sccc2C)c(Br)c1. The average Bonchev–Trinajstić information content (AvgIpc) is 2.63. The van der Waals surface area contributed by atoms with E-state index >= 15 is 0 Å². The first kappa shape index (κ1) is 11.6. The summed E-state index contributed by atoms with van der Waals surface area (Å²) < 4.78 is 0.866. The zero-order chi connectivity index (χ0) is 11.7. The van der Waals surface area contributed by atoms with Gasteiger partial charge in [-0.05, 0) is 48.6 Å². The molecule has 2 aromatic rings. The van der Waals surface area contributed by atoms with Crippen LogP contribution in [0, 0.1) is 13.8 Å². The average molecular weight is 295 g/mol. The third-order valence-corrected chi connectivity index (χ3v) is 4.11. The monoisotopic (exact) mass is 294 g/mol. The van der Waals surface area contributed by atoms with Crippen molar-refractivity contribution in [2.24, 2.45) is 0 Å². The Bertz CT molecular complexity index is 543. The fourth-order valence-corrected chi connectivity index (χ4v) is 3.08. The molecule has 0 aliphatic rings. The van der Waals surface area contributed by atoms with E-state index in [-0.39, 0.29) is 5.78 Å². The molecule has 82 valence electrons. The normalized spacial score (nSPS) is 10.4. The van der Waals surface area contributed by atoms with Crippen LogP contribution < -0.4 is 0 Å². The number of benzene rings is 1. The number of carbonyl (C=O) groups is 1. The van der Waals surface area contributed by atoms with Gasteiger partial charge in [0.05, 0.1) is 4.88 Å². The molecule has 0 saturated heterocycles. The second kappa shape index (κ2) is 4.52. The van der Waals surface area contributed by atoms with E-state index in [2.05, 4.69) is 15.9 Å². The van der Waals surface area contributed by atoms with Gasteiger partial charge in [0, 0.05) is 10.0 Å². The Balaban J connectivity index is 2.46. The van der Waals surface area contributed by atoms with Crippen molar-refractivity contribution in [2.45, 2.75) is 13.8 Å². The number of aryl methyl sites for hydroxylation is 2. The number of halogens is 1. The third-order valence-electron chi connectivity index (χ3n) is 2.44.